The molecule has 7 nitrogen and oxygen atoms in total. The van der Waals surface area contributed by atoms with Gasteiger partial charge in [0, 0.05) is 45.3 Å². The van der Waals surface area contributed by atoms with E-state index >= 15 is 0 Å². The highest BCUT2D eigenvalue weighted by molar-refractivity contribution is 5.92. The molecule has 0 bridgehead atoms. The third-order valence-electron chi connectivity index (χ3n) is 3.80. The highest BCUT2D eigenvalue weighted by atomic mass is 16.2. The van der Waals surface area contributed by atoms with Crippen LogP contribution in [-0.2, 0) is 4.79 Å². The molecule has 3 rings (SSSR count). The number of aromatic nitrogens is 2. The molecule has 2 fully saturated rings. The normalized spacial score (nSPS) is 18.5. The van der Waals surface area contributed by atoms with Crippen molar-refractivity contribution in [2.75, 3.05) is 31.1 Å². The molecule has 1 aliphatic heterocycles. The molecule has 1 saturated heterocycles. The fourth-order valence-electron chi connectivity index (χ4n) is 2.34. The van der Waals surface area contributed by atoms with Crippen molar-refractivity contribution in [1.29, 1.82) is 0 Å². The summed E-state index contributed by atoms with van der Waals surface area (Å²) in [6.07, 6.45) is 3.72. The topological polar surface area (TPSA) is 78.4 Å². The van der Waals surface area contributed by atoms with E-state index in [1.807, 2.05) is 4.90 Å². The molecule has 1 aromatic rings. The minimum absolute atomic E-state index is 0.0909. The number of hydrogen-bond acceptors (Lipinski definition) is 5. The van der Waals surface area contributed by atoms with E-state index in [1.54, 1.807) is 24.1 Å². The van der Waals surface area contributed by atoms with Gasteiger partial charge in [-0.25, -0.2) is 9.97 Å². The number of nitrogens with zero attached hydrogens (tertiary/aromatic N) is 4. The van der Waals surface area contributed by atoms with Crippen molar-refractivity contribution in [3.63, 3.8) is 0 Å². The molecule has 0 aromatic carbocycles. The fourth-order valence-corrected chi connectivity index (χ4v) is 2.34. The fraction of sp³-hybridized carbons (Fsp3) is 0.571. The summed E-state index contributed by atoms with van der Waals surface area (Å²) >= 11 is 0. The number of nitrogens with one attached hydrogen (secondary N) is 1. The van der Waals surface area contributed by atoms with Gasteiger partial charge in [0.1, 0.15) is 5.69 Å². The number of carbonyl (C=O) groups is 2. The lowest BCUT2D eigenvalue weighted by Gasteiger charge is -2.34. The van der Waals surface area contributed by atoms with Crippen LogP contribution < -0.4 is 10.2 Å². The summed E-state index contributed by atoms with van der Waals surface area (Å²) in [7, 11) is 0. The number of amides is 2. The molecule has 21 heavy (non-hydrogen) atoms. The average molecular weight is 289 g/mol. The molecule has 1 aliphatic carbocycles. The predicted octanol–water partition coefficient (Wildman–Crippen LogP) is 0.0373. The van der Waals surface area contributed by atoms with Gasteiger partial charge in [0.2, 0.25) is 11.9 Å². The maximum atomic E-state index is 12.0. The minimum Gasteiger partial charge on any atom is -0.348 e. The Morgan fingerprint density at radius 3 is 2.57 bits per heavy atom. The number of anilines is 1. The summed E-state index contributed by atoms with van der Waals surface area (Å²) in [4.78, 5) is 35.7. The standard InChI is InChI=1S/C14H19N5O2/c1-10(20)18-6-8-19(9-7-18)14-15-5-4-12(17-14)13(21)16-11-2-3-11/h4-5,11H,2-3,6-9H2,1H3,(H,16,21). The quantitative estimate of drug-likeness (QED) is 0.850. The average Bonchev–Trinajstić information content (AvgIpc) is 3.31. The van der Waals surface area contributed by atoms with Gasteiger partial charge in [-0.2, -0.15) is 0 Å². The summed E-state index contributed by atoms with van der Waals surface area (Å²) in [6.45, 7) is 4.28. The van der Waals surface area contributed by atoms with Crippen LogP contribution in [0.3, 0.4) is 0 Å². The first-order valence-corrected chi connectivity index (χ1v) is 7.28. The molecule has 1 saturated carbocycles. The third-order valence-corrected chi connectivity index (χ3v) is 3.80. The first kappa shape index (κ1) is 13.8. The Hall–Kier alpha value is -2.18. The SMILES string of the molecule is CC(=O)N1CCN(c2nccc(C(=O)NC3CC3)n2)CC1. The van der Waals surface area contributed by atoms with Crippen molar-refractivity contribution in [3.8, 4) is 0 Å². The van der Waals surface area contributed by atoms with Crippen LogP contribution in [0.1, 0.15) is 30.3 Å². The van der Waals surface area contributed by atoms with E-state index in [0.29, 0.717) is 43.9 Å². The summed E-state index contributed by atoms with van der Waals surface area (Å²) < 4.78 is 0. The third kappa shape index (κ3) is 3.29. The molecule has 0 radical (unpaired) electrons. The van der Waals surface area contributed by atoms with E-state index in [9.17, 15) is 9.59 Å². The molecule has 1 N–H and O–H groups in total. The highest BCUT2D eigenvalue weighted by Crippen LogP contribution is 2.19. The van der Waals surface area contributed by atoms with Crippen LogP contribution in [0.15, 0.2) is 12.3 Å². The Kier molecular flexibility index (Phi) is 3.72. The molecule has 0 unspecified atom stereocenters. The van der Waals surface area contributed by atoms with Crippen molar-refractivity contribution < 1.29 is 9.59 Å². The van der Waals surface area contributed by atoms with E-state index in [-0.39, 0.29) is 11.8 Å². The van der Waals surface area contributed by atoms with Crippen molar-refractivity contribution >= 4 is 17.8 Å². The molecule has 2 heterocycles. The Morgan fingerprint density at radius 2 is 1.95 bits per heavy atom. The smallest absolute Gasteiger partial charge is 0.270 e. The van der Waals surface area contributed by atoms with Crippen molar-refractivity contribution in [1.82, 2.24) is 20.2 Å². The zero-order chi connectivity index (χ0) is 14.8. The molecule has 1 aromatic heterocycles. The molecular weight excluding hydrogens is 270 g/mol. The lowest BCUT2D eigenvalue weighted by molar-refractivity contribution is -0.129. The van der Waals surface area contributed by atoms with Crippen LogP contribution in [0.4, 0.5) is 5.95 Å². The second kappa shape index (κ2) is 5.67. The van der Waals surface area contributed by atoms with Gasteiger partial charge >= 0.3 is 0 Å². The summed E-state index contributed by atoms with van der Waals surface area (Å²) in [5, 5.41) is 2.92. The van der Waals surface area contributed by atoms with Gasteiger partial charge in [-0.05, 0) is 18.9 Å². The largest absolute Gasteiger partial charge is 0.348 e. The van der Waals surface area contributed by atoms with Crippen molar-refractivity contribution in [3.05, 3.63) is 18.0 Å². The van der Waals surface area contributed by atoms with E-state index in [2.05, 4.69) is 15.3 Å². The monoisotopic (exact) mass is 289 g/mol. The maximum Gasteiger partial charge on any atom is 0.270 e. The van der Waals surface area contributed by atoms with Gasteiger partial charge in [-0.15, -0.1) is 0 Å². The number of rotatable bonds is 3. The van der Waals surface area contributed by atoms with Gasteiger partial charge in [0.15, 0.2) is 0 Å². The van der Waals surface area contributed by atoms with Gasteiger partial charge in [0.05, 0.1) is 0 Å². The van der Waals surface area contributed by atoms with Crippen LogP contribution in [0, 0.1) is 0 Å². The van der Waals surface area contributed by atoms with Crippen LogP contribution >= 0.6 is 0 Å². The van der Waals surface area contributed by atoms with Gasteiger partial charge in [-0.1, -0.05) is 0 Å². The Labute approximate surface area is 123 Å². The van der Waals surface area contributed by atoms with Crippen LogP contribution in [0.25, 0.3) is 0 Å². The Bertz CT molecular complexity index is 550. The Morgan fingerprint density at radius 1 is 1.24 bits per heavy atom. The second-order valence-corrected chi connectivity index (χ2v) is 5.48. The van der Waals surface area contributed by atoms with Crippen molar-refractivity contribution in [2.24, 2.45) is 0 Å². The number of carbonyl (C=O) groups excluding carboxylic acids is 2. The molecule has 2 aliphatic rings. The van der Waals surface area contributed by atoms with Crippen LogP contribution in [0.2, 0.25) is 0 Å². The molecule has 0 atom stereocenters. The van der Waals surface area contributed by atoms with E-state index in [1.165, 1.54) is 0 Å². The molecule has 7 heteroatoms. The van der Waals surface area contributed by atoms with E-state index < -0.39 is 0 Å². The van der Waals surface area contributed by atoms with E-state index in [0.717, 1.165) is 12.8 Å². The lowest BCUT2D eigenvalue weighted by Crippen LogP contribution is -2.48. The van der Waals surface area contributed by atoms with E-state index in [4.69, 9.17) is 0 Å². The summed E-state index contributed by atoms with van der Waals surface area (Å²) in [5.74, 6) is 0.512. The second-order valence-electron chi connectivity index (χ2n) is 5.48. The predicted molar refractivity (Wildman–Crippen MR) is 77.0 cm³/mol. The highest BCUT2D eigenvalue weighted by Gasteiger charge is 2.25. The maximum absolute atomic E-state index is 12.0. The van der Waals surface area contributed by atoms with Crippen LogP contribution in [0.5, 0.6) is 0 Å². The van der Waals surface area contributed by atoms with Gasteiger partial charge in [-0.3, -0.25) is 9.59 Å². The molecule has 112 valence electrons. The zero-order valence-corrected chi connectivity index (χ0v) is 12.1. The zero-order valence-electron chi connectivity index (χ0n) is 12.1. The first-order chi connectivity index (χ1) is 10.1. The summed E-state index contributed by atoms with van der Waals surface area (Å²) in [5.41, 5.74) is 0.404. The molecule has 2 amide bonds. The number of piperazine rings is 1. The minimum atomic E-state index is -0.136. The lowest BCUT2D eigenvalue weighted by atomic mass is 10.3. The molecular formula is C14H19N5O2. The van der Waals surface area contributed by atoms with Gasteiger partial charge < -0.3 is 15.1 Å². The molecule has 0 spiro atoms. The number of hydrogen-bond donors (Lipinski definition) is 1. The first-order valence-electron chi connectivity index (χ1n) is 7.28. The van der Waals surface area contributed by atoms with Crippen molar-refractivity contribution in [2.45, 2.75) is 25.8 Å². The summed E-state index contributed by atoms with van der Waals surface area (Å²) in [6, 6.07) is 1.95. The van der Waals surface area contributed by atoms with Gasteiger partial charge in [0.25, 0.3) is 5.91 Å². The van der Waals surface area contributed by atoms with Crippen LogP contribution in [-0.4, -0.2) is 58.9 Å². The Balaban J connectivity index is 1.65.